The Morgan fingerprint density at radius 1 is 1.47 bits per heavy atom. The lowest BCUT2D eigenvalue weighted by Gasteiger charge is -2.33. The van der Waals surface area contributed by atoms with Crippen LogP contribution < -0.4 is 0 Å². The molecule has 0 aliphatic carbocycles. The van der Waals surface area contributed by atoms with Gasteiger partial charge in [-0.15, -0.1) is 0 Å². The van der Waals surface area contributed by atoms with Crippen LogP contribution in [0.2, 0.25) is 0 Å². The molecule has 0 radical (unpaired) electrons. The van der Waals surface area contributed by atoms with E-state index in [9.17, 15) is 4.79 Å². The van der Waals surface area contributed by atoms with Crippen LogP contribution in [0.1, 0.15) is 33.6 Å². The van der Waals surface area contributed by atoms with Gasteiger partial charge in [0.2, 0.25) is 0 Å². The summed E-state index contributed by atoms with van der Waals surface area (Å²) in [7, 11) is 0. The molecule has 1 fully saturated rings. The lowest BCUT2D eigenvalue weighted by molar-refractivity contribution is -0.0278. The zero-order valence-electron chi connectivity index (χ0n) is 10.9. The van der Waals surface area contributed by atoms with Gasteiger partial charge in [-0.3, -0.25) is 0 Å². The van der Waals surface area contributed by atoms with Crippen molar-refractivity contribution in [2.24, 2.45) is 0 Å². The molecule has 0 aromatic carbocycles. The number of carbonyl (C=O) groups is 1. The van der Waals surface area contributed by atoms with Crippen molar-refractivity contribution in [2.75, 3.05) is 26.3 Å². The van der Waals surface area contributed by atoms with Crippen molar-refractivity contribution in [1.82, 2.24) is 4.90 Å². The number of amides is 1. The number of rotatable bonds is 3. The summed E-state index contributed by atoms with van der Waals surface area (Å²) in [5.41, 5.74) is -0.462. The van der Waals surface area contributed by atoms with Gasteiger partial charge in [-0.25, -0.2) is 4.79 Å². The second kappa shape index (κ2) is 6.21. The van der Waals surface area contributed by atoms with Gasteiger partial charge >= 0.3 is 6.09 Å². The van der Waals surface area contributed by atoms with Crippen LogP contribution in [0.4, 0.5) is 4.79 Å². The molecule has 1 rings (SSSR count). The third-order valence-corrected chi connectivity index (χ3v) is 2.47. The second-order valence-corrected chi connectivity index (χ2v) is 5.28. The van der Waals surface area contributed by atoms with E-state index in [1.807, 2.05) is 20.8 Å². The van der Waals surface area contributed by atoms with Crippen molar-refractivity contribution in [3.05, 3.63) is 0 Å². The molecule has 1 heterocycles. The van der Waals surface area contributed by atoms with Crippen LogP contribution in [0.5, 0.6) is 0 Å². The third-order valence-electron chi connectivity index (χ3n) is 2.47. The quantitative estimate of drug-likeness (QED) is 0.816. The summed E-state index contributed by atoms with van der Waals surface area (Å²) in [5.74, 6) is 0. The maximum Gasteiger partial charge on any atom is 0.410 e. The summed E-state index contributed by atoms with van der Waals surface area (Å²) < 4.78 is 10.8. The van der Waals surface area contributed by atoms with Gasteiger partial charge in [0, 0.05) is 6.54 Å². The van der Waals surface area contributed by atoms with E-state index in [4.69, 9.17) is 14.6 Å². The fourth-order valence-corrected chi connectivity index (χ4v) is 1.79. The van der Waals surface area contributed by atoms with Crippen LogP contribution in [-0.4, -0.2) is 54.1 Å². The molecule has 5 nitrogen and oxygen atoms in total. The van der Waals surface area contributed by atoms with Gasteiger partial charge in [-0.05, 0) is 33.6 Å². The normalized spacial score (nSPS) is 21.4. The number of likely N-dealkylation sites (tertiary alicyclic amines) is 1. The summed E-state index contributed by atoms with van der Waals surface area (Å²) in [6, 6.07) is 0. The van der Waals surface area contributed by atoms with Crippen LogP contribution in [0.25, 0.3) is 0 Å². The van der Waals surface area contributed by atoms with Crippen molar-refractivity contribution in [3.63, 3.8) is 0 Å². The number of piperidine rings is 1. The molecule has 0 aromatic heterocycles. The number of nitrogens with zero attached hydrogens (tertiary/aromatic N) is 1. The number of ether oxygens (including phenoxy) is 2. The molecule has 1 N–H and O–H groups in total. The molecule has 1 atom stereocenters. The lowest BCUT2D eigenvalue weighted by atomic mass is 10.1. The summed E-state index contributed by atoms with van der Waals surface area (Å²) in [4.78, 5) is 13.5. The van der Waals surface area contributed by atoms with Crippen molar-refractivity contribution >= 4 is 6.09 Å². The highest BCUT2D eigenvalue weighted by atomic mass is 16.6. The molecule has 0 spiro atoms. The predicted molar refractivity (Wildman–Crippen MR) is 63.9 cm³/mol. The smallest absolute Gasteiger partial charge is 0.410 e. The van der Waals surface area contributed by atoms with Crippen molar-refractivity contribution < 1.29 is 19.4 Å². The molecule has 1 saturated heterocycles. The van der Waals surface area contributed by atoms with Crippen molar-refractivity contribution in [1.29, 1.82) is 0 Å². The largest absolute Gasteiger partial charge is 0.444 e. The standard InChI is InChI=1S/C12H23NO4/c1-12(2,3)17-11(15)13-6-4-5-10(9-13)16-8-7-14/h10,14H,4-9H2,1-3H3/t10-/m1/s1. The third kappa shape index (κ3) is 5.37. The summed E-state index contributed by atoms with van der Waals surface area (Å²) in [6.07, 6.45) is 1.58. The zero-order valence-corrected chi connectivity index (χ0v) is 10.9. The van der Waals surface area contributed by atoms with Gasteiger partial charge in [0.25, 0.3) is 0 Å². The van der Waals surface area contributed by atoms with Gasteiger partial charge in [-0.1, -0.05) is 0 Å². The van der Waals surface area contributed by atoms with Gasteiger partial charge in [0.15, 0.2) is 0 Å². The van der Waals surface area contributed by atoms with E-state index in [-0.39, 0.29) is 18.8 Å². The molecular formula is C12H23NO4. The Bertz CT molecular complexity index is 249. The maximum atomic E-state index is 11.8. The average Bonchev–Trinajstić information content (AvgIpc) is 2.24. The average molecular weight is 245 g/mol. The van der Waals surface area contributed by atoms with Gasteiger partial charge in [0.05, 0.1) is 25.9 Å². The fourth-order valence-electron chi connectivity index (χ4n) is 1.79. The molecule has 17 heavy (non-hydrogen) atoms. The molecule has 100 valence electrons. The van der Waals surface area contributed by atoms with E-state index >= 15 is 0 Å². The Labute approximate surface area is 103 Å². The number of hydrogen-bond donors (Lipinski definition) is 1. The second-order valence-electron chi connectivity index (χ2n) is 5.28. The minimum absolute atomic E-state index is 0.0168. The molecule has 0 saturated carbocycles. The van der Waals surface area contributed by atoms with Crippen LogP contribution in [0.15, 0.2) is 0 Å². The first-order valence-corrected chi connectivity index (χ1v) is 6.13. The first-order valence-electron chi connectivity index (χ1n) is 6.13. The topological polar surface area (TPSA) is 59.0 Å². The molecule has 0 aromatic rings. The Morgan fingerprint density at radius 2 is 2.18 bits per heavy atom. The van der Waals surface area contributed by atoms with E-state index in [0.717, 1.165) is 12.8 Å². The van der Waals surface area contributed by atoms with E-state index in [1.54, 1.807) is 4.90 Å². The minimum Gasteiger partial charge on any atom is -0.444 e. The number of aliphatic hydroxyl groups is 1. The number of hydrogen-bond acceptors (Lipinski definition) is 4. The van der Waals surface area contributed by atoms with E-state index in [2.05, 4.69) is 0 Å². The van der Waals surface area contributed by atoms with E-state index in [1.165, 1.54) is 0 Å². The van der Waals surface area contributed by atoms with Crippen LogP contribution >= 0.6 is 0 Å². The van der Waals surface area contributed by atoms with Gasteiger partial charge in [-0.2, -0.15) is 0 Å². The Balaban J connectivity index is 2.40. The lowest BCUT2D eigenvalue weighted by Crippen LogP contribution is -2.45. The first-order chi connectivity index (χ1) is 7.92. The highest BCUT2D eigenvalue weighted by molar-refractivity contribution is 5.68. The van der Waals surface area contributed by atoms with Crippen molar-refractivity contribution in [2.45, 2.75) is 45.3 Å². The van der Waals surface area contributed by atoms with Crippen LogP contribution in [-0.2, 0) is 9.47 Å². The molecule has 1 aliphatic rings. The Morgan fingerprint density at radius 3 is 2.76 bits per heavy atom. The number of aliphatic hydroxyl groups excluding tert-OH is 1. The van der Waals surface area contributed by atoms with E-state index in [0.29, 0.717) is 19.7 Å². The molecule has 1 aliphatic heterocycles. The predicted octanol–water partition coefficient (Wildman–Crippen LogP) is 1.39. The van der Waals surface area contributed by atoms with Gasteiger partial charge < -0.3 is 19.5 Å². The van der Waals surface area contributed by atoms with Crippen LogP contribution in [0, 0.1) is 0 Å². The molecular weight excluding hydrogens is 222 g/mol. The van der Waals surface area contributed by atoms with Crippen LogP contribution in [0.3, 0.4) is 0 Å². The SMILES string of the molecule is CC(C)(C)OC(=O)N1CCC[C@@H](OCCO)C1. The van der Waals surface area contributed by atoms with Gasteiger partial charge in [0.1, 0.15) is 5.60 Å². The van der Waals surface area contributed by atoms with E-state index < -0.39 is 5.60 Å². The highest BCUT2D eigenvalue weighted by Gasteiger charge is 2.27. The summed E-state index contributed by atoms with van der Waals surface area (Å²) in [6.45, 7) is 7.18. The Kier molecular flexibility index (Phi) is 5.21. The zero-order chi connectivity index (χ0) is 12.9. The number of carbonyl (C=O) groups excluding carboxylic acids is 1. The minimum atomic E-state index is -0.462. The molecule has 0 unspecified atom stereocenters. The summed E-state index contributed by atoms with van der Waals surface area (Å²) >= 11 is 0. The first kappa shape index (κ1) is 14.3. The monoisotopic (exact) mass is 245 g/mol. The Hall–Kier alpha value is -0.810. The molecule has 1 amide bonds. The highest BCUT2D eigenvalue weighted by Crippen LogP contribution is 2.16. The fraction of sp³-hybridized carbons (Fsp3) is 0.917. The maximum absolute atomic E-state index is 11.8. The molecule has 5 heteroatoms. The van der Waals surface area contributed by atoms with Crippen molar-refractivity contribution in [3.8, 4) is 0 Å². The molecule has 0 bridgehead atoms. The summed E-state index contributed by atoms with van der Waals surface area (Å²) in [5, 5.41) is 8.69.